The van der Waals surface area contributed by atoms with Gasteiger partial charge in [-0.1, -0.05) is 12.1 Å². The summed E-state index contributed by atoms with van der Waals surface area (Å²) in [5, 5.41) is 15.0. The van der Waals surface area contributed by atoms with Crippen molar-refractivity contribution in [2.24, 2.45) is 0 Å². The molecular formula is C16H19N5O4. The standard InChI is InChI=1S/C16H19N5O4/c1-9(22)17-12-7-24-15-13(8-25-14(12)15)21-16(18-19-20-21)10-4-3-5-11(6-10)23-2/h3-6,12-15H,7-8H2,1-2H3,(H,17,22). The van der Waals surface area contributed by atoms with Crippen LogP contribution in [0.5, 0.6) is 5.75 Å². The molecule has 4 atom stereocenters. The van der Waals surface area contributed by atoms with Crippen LogP contribution < -0.4 is 10.1 Å². The fourth-order valence-electron chi connectivity index (χ4n) is 3.44. The van der Waals surface area contributed by atoms with Crippen molar-refractivity contribution in [1.29, 1.82) is 0 Å². The number of fused-ring (bicyclic) bond motifs is 1. The number of ether oxygens (including phenoxy) is 3. The van der Waals surface area contributed by atoms with Crippen LogP contribution in [0.15, 0.2) is 24.3 Å². The Morgan fingerprint density at radius 2 is 2.16 bits per heavy atom. The van der Waals surface area contributed by atoms with Gasteiger partial charge >= 0.3 is 0 Å². The van der Waals surface area contributed by atoms with E-state index in [-0.39, 0.29) is 30.2 Å². The van der Waals surface area contributed by atoms with E-state index in [4.69, 9.17) is 14.2 Å². The van der Waals surface area contributed by atoms with E-state index in [1.54, 1.807) is 11.8 Å². The Balaban J connectivity index is 1.60. The van der Waals surface area contributed by atoms with Crippen molar-refractivity contribution >= 4 is 5.91 Å². The molecule has 1 N–H and O–H groups in total. The molecule has 2 saturated heterocycles. The molecule has 9 heteroatoms. The highest BCUT2D eigenvalue weighted by Crippen LogP contribution is 2.36. The normalized spacial score (nSPS) is 27.9. The summed E-state index contributed by atoms with van der Waals surface area (Å²) in [6.07, 6.45) is -0.402. The van der Waals surface area contributed by atoms with Gasteiger partial charge in [0, 0.05) is 12.5 Å². The molecular weight excluding hydrogens is 326 g/mol. The third-order valence-electron chi connectivity index (χ3n) is 4.55. The molecule has 0 bridgehead atoms. The molecule has 4 unspecified atom stereocenters. The number of hydrogen-bond donors (Lipinski definition) is 1. The summed E-state index contributed by atoms with van der Waals surface area (Å²) in [4.78, 5) is 11.3. The van der Waals surface area contributed by atoms with Gasteiger partial charge in [-0.2, -0.15) is 0 Å². The minimum atomic E-state index is -0.204. The quantitative estimate of drug-likeness (QED) is 0.844. The van der Waals surface area contributed by atoms with E-state index in [0.29, 0.717) is 19.0 Å². The lowest BCUT2D eigenvalue weighted by Gasteiger charge is -2.17. The summed E-state index contributed by atoms with van der Waals surface area (Å²) in [5.41, 5.74) is 0.851. The molecule has 2 aromatic rings. The molecule has 0 radical (unpaired) electrons. The van der Waals surface area contributed by atoms with Crippen molar-refractivity contribution in [3.05, 3.63) is 24.3 Å². The average Bonchev–Trinajstić information content (AvgIpc) is 3.31. The Labute approximate surface area is 144 Å². The van der Waals surface area contributed by atoms with Gasteiger partial charge in [0.05, 0.1) is 26.4 Å². The monoisotopic (exact) mass is 345 g/mol. The first kappa shape index (κ1) is 16.0. The van der Waals surface area contributed by atoms with Gasteiger partial charge in [-0.25, -0.2) is 4.68 Å². The fourth-order valence-corrected chi connectivity index (χ4v) is 3.44. The number of hydrogen-bond acceptors (Lipinski definition) is 7. The molecule has 3 heterocycles. The Kier molecular flexibility index (Phi) is 4.10. The number of aromatic nitrogens is 4. The van der Waals surface area contributed by atoms with Crippen LogP contribution in [0.4, 0.5) is 0 Å². The number of benzene rings is 1. The fraction of sp³-hybridized carbons (Fsp3) is 0.500. The minimum absolute atomic E-state index is 0.0965. The third kappa shape index (κ3) is 2.85. The first-order chi connectivity index (χ1) is 12.2. The van der Waals surface area contributed by atoms with Gasteiger partial charge < -0.3 is 19.5 Å². The zero-order chi connectivity index (χ0) is 17.4. The van der Waals surface area contributed by atoms with E-state index in [9.17, 15) is 4.79 Å². The van der Waals surface area contributed by atoms with E-state index in [2.05, 4.69) is 20.8 Å². The van der Waals surface area contributed by atoms with Gasteiger partial charge in [0.2, 0.25) is 5.91 Å². The van der Waals surface area contributed by atoms with Crippen molar-refractivity contribution in [3.8, 4) is 17.1 Å². The van der Waals surface area contributed by atoms with Crippen LogP contribution in [0.2, 0.25) is 0 Å². The number of carbonyl (C=O) groups excluding carboxylic acids is 1. The number of amides is 1. The van der Waals surface area contributed by atoms with Crippen molar-refractivity contribution in [3.63, 3.8) is 0 Å². The van der Waals surface area contributed by atoms with Crippen LogP contribution in [0.25, 0.3) is 11.4 Å². The highest BCUT2D eigenvalue weighted by Gasteiger charge is 2.49. The molecule has 2 aliphatic heterocycles. The zero-order valence-corrected chi connectivity index (χ0v) is 14.0. The molecule has 0 spiro atoms. The smallest absolute Gasteiger partial charge is 0.217 e. The molecule has 2 fully saturated rings. The van der Waals surface area contributed by atoms with Crippen LogP contribution in [0.3, 0.4) is 0 Å². The van der Waals surface area contributed by atoms with Gasteiger partial charge in [-0.3, -0.25) is 4.79 Å². The largest absolute Gasteiger partial charge is 0.497 e. The van der Waals surface area contributed by atoms with Crippen LogP contribution in [-0.2, 0) is 14.3 Å². The summed E-state index contributed by atoms with van der Waals surface area (Å²) in [6, 6.07) is 7.26. The van der Waals surface area contributed by atoms with Gasteiger partial charge in [0.15, 0.2) is 5.82 Å². The van der Waals surface area contributed by atoms with E-state index < -0.39 is 0 Å². The lowest BCUT2D eigenvalue weighted by molar-refractivity contribution is -0.120. The molecule has 4 rings (SSSR count). The highest BCUT2D eigenvalue weighted by atomic mass is 16.6. The number of tetrazole rings is 1. The first-order valence-electron chi connectivity index (χ1n) is 8.10. The number of methoxy groups -OCH3 is 1. The molecule has 9 nitrogen and oxygen atoms in total. The number of carbonyl (C=O) groups is 1. The molecule has 2 aliphatic rings. The van der Waals surface area contributed by atoms with Crippen molar-refractivity contribution in [2.45, 2.75) is 31.2 Å². The predicted molar refractivity (Wildman–Crippen MR) is 85.9 cm³/mol. The third-order valence-corrected chi connectivity index (χ3v) is 4.55. The van der Waals surface area contributed by atoms with E-state index in [0.717, 1.165) is 11.3 Å². The van der Waals surface area contributed by atoms with Crippen LogP contribution in [-0.4, -0.2) is 64.7 Å². The second kappa shape index (κ2) is 6.41. The summed E-state index contributed by atoms with van der Waals surface area (Å²) < 4.78 is 18.8. The molecule has 132 valence electrons. The van der Waals surface area contributed by atoms with Crippen molar-refractivity contribution < 1.29 is 19.0 Å². The van der Waals surface area contributed by atoms with Crippen LogP contribution in [0.1, 0.15) is 13.0 Å². The molecule has 1 amide bonds. The lowest BCUT2D eigenvalue weighted by atomic mass is 10.1. The molecule has 25 heavy (non-hydrogen) atoms. The summed E-state index contributed by atoms with van der Waals surface area (Å²) >= 11 is 0. The van der Waals surface area contributed by atoms with Gasteiger partial charge in [-0.05, 0) is 22.6 Å². The Hall–Kier alpha value is -2.52. The zero-order valence-electron chi connectivity index (χ0n) is 14.0. The van der Waals surface area contributed by atoms with Crippen molar-refractivity contribution in [1.82, 2.24) is 25.5 Å². The number of nitrogens with zero attached hydrogens (tertiary/aromatic N) is 4. The Morgan fingerprint density at radius 3 is 2.96 bits per heavy atom. The Bertz CT molecular complexity index is 779. The van der Waals surface area contributed by atoms with Crippen LogP contribution >= 0.6 is 0 Å². The second-order valence-electron chi connectivity index (χ2n) is 6.15. The minimum Gasteiger partial charge on any atom is -0.497 e. The lowest BCUT2D eigenvalue weighted by Crippen LogP contribution is -2.43. The van der Waals surface area contributed by atoms with Gasteiger partial charge in [0.1, 0.15) is 24.0 Å². The summed E-state index contributed by atoms with van der Waals surface area (Å²) in [6.45, 7) is 2.33. The molecule has 1 aromatic heterocycles. The average molecular weight is 345 g/mol. The maximum atomic E-state index is 11.3. The molecule has 0 aliphatic carbocycles. The Morgan fingerprint density at radius 1 is 1.32 bits per heavy atom. The predicted octanol–water partition coefficient (Wildman–Crippen LogP) is 0.192. The maximum absolute atomic E-state index is 11.3. The van der Waals surface area contributed by atoms with Gasteiger partial charge in [0.25, 0.3) is 0 Å². The SMILES string of the molecule is COc1cccc(-c2nnnn2C2COC3C(NC(C)=O)COC32)c1. The molecule has 0 saturated carbocycles. The maximum Gasteiger partial charge on any atom is 0.217 e. The van der Waals surface area contributed by atoms with Gasteiger partial charge in [-0.15, -0.1) is 5.10 Å². The van der Waals surface area contributed by atoms with E-state index in [1.807, 2.05) is 24.3 Å². The number of rotatable bonds is 4. The second-order valence-corrected chi connectivity index (χ2v) is 6.15. The first-order valence-corrected chi connectivity index (χ1v) is 8.10. The highest BCUT2D eigenvalue weighted by molar-refractivity contribution is 5.73. The number of nitrogens with one attached hydrogen (secondary N) is 1. The van der Waals surface area contributed by atoms with E-state index >= 15 is 0 Å². The molecule has 1 aromatic carbocycles. The van der Waals surface area contributed by atoms with Crippen LogP contribution in [0, 0.1) is 0 Å². The van der Waals surface area contributed by atoms with E-state index in [1.165, 1.54) is 6.92 Å². The van der Waals surface area contributed by atoms with Crippen molar-refractivity contribution in [2.75, 3.05) is 20.3 Å². The summed E-state index contributed by atoms with van der Waals surface area (Å²) in [7, 11) is 1.62. The summed E-state index contributed by atoms with van der Waals surface area (Å²) in [5.74, 6) is 1.26. The topological polar surface area (TPSA) is 100 Å².